The van der Waals surface area contributed by atoms with Gasteiger partial charge in [-0.25, -0.2) is 0 Å². The second kappa shape index (κ2) is 42.5. The van der Waals surface area contributed by atoms with Crippen molar-refractivity contribution in [2.45, 2.75) is 164 Å². The van der Waals surface area contributed by atoms with Gasteiger partial charge in [0.15, 0.2) is 0 Å². The Morgan fingerprint density at radius 1 is 0.154 bits per heavy atom. The van der Waals surface area contributed by atoms with Gasteiger partial charge >= 0.3 is 0 Å². The molecule has 0 aliphatic heterocycles. The van der Waals surface area contributed by atoms with E-state index in [1.807, 2.05) is 0 Å². The summed E-state index contributed by atoms with van der Waals surface area (Å²) < 4.78 is 9.45. The number of aromatic nitrogens is 4. The van der Waals surface area contributed by atoms with Crippen LogP contribution in [-0.4, -0.2) is 18.3 Å². The third-order valence-electron chi connectivity index (χ3n) is 28.8. The second-order valence-corrected chi connectivity index (χ2v) is 45.5. The van der Waals surface area contributed by atoms with Gasteiger partial charge in [-0.05, 0) is 271 Å². The van der Waals surface area contributed by atoms with Gasteiger partial charge in [0.1, 0.15) is 0 Å². The van der Waals surface area contributed by atoms with Crippen molar-refractivity contribution in [3.05, 3.63) is 530 Å². The Bertz CT molecular complexity index is 8630. The zero-order valence-corrected chi connectivity index (χ0v) is 89.9. The highest BCUT2D eigenvalue weighted by Gasteiger charge is 2.26. The molecule has 0 amide bonds. The lowest BCUT2D eigenvalue weighted by molar-refractivity contribution is 0.590. The first kappa shape index (κ1) is 101. The minimum absolute atomic E-state index is 0.148. The summed E-state index contributed by atoms with van der Waals surface area (Å²) in [5.74, 6) is 0. The Balaban J connectivity index is 0.000000113. The molecule has 0 N–H and O–H groups in total. The largest absolute Gasteiger partial charge is 0.311 e. The number of hydrogen-bond donors (Lipinski definition) is 0. The van der Waals surface area contributed by atoms with Crippen LogP contribution >= 0.6 is 0 Å². The third-order valence-corrected chi connectivity index (χ3v) is 28.8. The molecule has 0 radical (unpaired) electrons. The molecule has 4 aromatic heterocycles. The van der Waals surface area contributed by atoms with E-state index in [4.69, 9.17) is 0 Å². The molecule has 149 heavy (non-hydrogen) atoms. The lowest BCUT2D eigenvalue weighted by Crippen LogP contribution is -2.13. The first-order chi connectivity index (χ1) is 71.7. The fraction of sp³-hybridized carbons (Fsp3) is 0.175. The molecule has 0 aliphatic carbocycles. The monoisotopic (exact) mass is 1940 g/mol. The molecule has 0 saturated carbocycles. The first-order valence-electron chi connectivity index (χ1n) is 52.6. The van der Waals surface area contributed by atoms with Gasteiger partial charge < -0.3 is 28.1 Å². The lowest BCUT2D eigenvalue weighted by atomic mass is 9.86. The Hall–Kier alpha value is -16.5. The topological polar surface area (TPSA) is 26.2 Å². The van der Waals surface area contributed by atoms with Gasteiger partial charge in [-0.2, -0.15) is 0 Å². The lowest BCUT2D eigenvalue weighted by Gasteiger charge is -2.28. The van der Waals surface area contributed by atoms with Gasteiger partial charge in [0.05, 0.1) is 49.8 Å². The maximum Gasteiger partial charge on any atom is 0.0541 e. The van der Waals surface area contributed by atoms with Crippen molar-refractivity contribution in [1.29, 1.82) is 0 Å². The van der Waals surface area contributed by atoms with Gasteiger partial charge in [0.2, 0.25) is 0 Å². The molecular formula is C143H138N6. The fourth-order valence-corrected chi connectivity index (χ4v) is 20.4. The summed E-state index contributed by atoms with van der Waals surface area (Å²) in [5.41, 5.74) is 34.9. The molecule has 20 aromatic carbocycles. The molecule has 0 saturated heterocycles. The Morgan fingerprint density at radius 2 is 0.383 bits per heavy atom. The van der Waals surface area contributed by atoms with E-state index in [9.17, 15) is 0 Å². The number of nitrogens with zero attached hydrogens (tertiary/aromatic N) is 6. The van der Waals surface area contributed by atoms with Crippen molar-refractivity contribution in [2.75, 3.05) is 9.80 Å². The van der Waals surface area contributed by atoms with Gasteiger partial charge in [-0.3, -0.25) is 0 Å². The molecule has 24 rings (SSSR count). The molecular weight excluding hydrogens is 1800 g/mol. The Labute approximate surface area is 882 Å². The zero-order chi connectivity index (χ0) is 104. The Kier molecular flexibility index (Phi) is 28.8. The van der Waals surface area contributed by atoms with Crippen LogP contribution in [0.2, 0.25) is 0 Å². The number of rotatable bonds is 11. The molecule has 6 nitrogen and oxygen atoms in total. The van der Waals surface area contributed by atoms with Crippen LogP contribution in [-0.2, 0) is 32.5 Å². The van der Waals surface area contributed by atoms with E-state index in [1.165, 1.54) is 199 Å². The standard InChI is InChI=1S/C28H25N.C26H25N.C23H23N.2C22H21N.C22H23N/c1-28(2,3)22-16-13-20(14-17-22)21-15-18-27-25(19-21)24-11-7-8-12-26(24)29(27)23-9-5-4-6-10-23;1-26(2,3)21-16-18-23(19-17-21)27(22-12-5-4-6-13-22)25-15-9-11-20-10-7-8-14-24(20)25;1-16-9-12-18(13-10-16)24-21-8-6-5-7-19(21)20-15-17(23(2,3)4)11-14-22(20)24;1-22(2,3)16-12-14-17(15-13-16)23-20-10-6-4-8-18(20)19-9-5-7-11-21(19)23;1-22(2,3)16-13-14-21-19(15-16)18-11-7-8-12-20(18)23(21)17-9-5-4-6-10-17;1-22(2,3)18-14-16-21(17-15-18)23(19-10-6-4-7-11-19)20-12-8-5-9-13-20/h4-19H,1-3H3;4-19H,1-3H3;5-15H,1-4H3;2*4-15H,1-3H3;4-17H,1-3H3. The van der Waals surface area contributed by atoms with Crippen molar-refractivity contribution < 1.29 is 0 Å². The number of para-hydroxylation sites is 10. The summed E-state index contributed by atoms with van der Waals surface area (Å²) in [6.45, 7) is 42.8. The van der Waals surface area contributed by atoms with Crippen molar-refractivity contribution in [3.63, 3.8) is 0 Å². The number of fused-ring (bicyclic) bond motifs is 13. The minimum atomic E-state index is 0.148. The Morgan fingerprint density at radius 3 is 0.732 bits per heavy atom. The maximum atomic E-state index is 2.37. The minimum Gasteiger partial charge on any atom is -0.311 e. The van der Waals surface area contributed by atoms with Crippen LogP contribution in [0.1, 0.15) is 164 Å². The number of hydrogen-bond acceptors (Lipinski definition) is 2. The van der Waals surface area contributed by atoms with E-state index in [0.29, 0.717) is 0 Å². The molecule has 24 aromatic rings. The summed E-state index contributed by atoms with van der Waals surface area (Å²) in [6, 6.07) is 176. The van der Waals surface area contributed by atoms with Crippen LogP contribution in [0.3, 0.4) is 0 Å². The molecule has 0 unspecified atom stereocenters. The van der Waals surface area contributed by atoms with E-state index in [2.05, 4.69) is 651 Å². The van der Waals surface area contributed by atoms with Crippen LogP contribution in [0.4, 0.5) is 34.1 Å². The summed E-state index contributed by atoms with van der Waals surface area (Å²) >= 11 is 0. The van der Waals surface area contributed by atoms with Crippen molar-refractivity contribution in [3.8, 4) is 33.9 Å². The number of benzene rings is 20. The molecule has 0 bridgehead atoms. The molecule has 740 valence electrons. The quantitative estimate of drug-likeness (QED) is 0.129. The van der Waals surface area contributed by atoms with E-state index in [-0.39, 0.29) is 32.5 Å². The van der Waals surface area contributed by atoms with Gasteiger partial charge in [-0.15, -0.1) is 0 Å². The smallest absolute Gasteiger partial charge is 0.0541 e. The van der Waals surface area contributed by atoms with Crippen molar-refractivity contribution >= 4 is 132 Å². The summed E-state index contributed by atoms with van der Waals surface area (Å²) in [7, 11) is 0. The molecule has 0 fully saturated rings. The second-order valence-electron chi connectivity index (χ2n) is 45.5. The van der Waals surface area contributed by atoms with E-state index < -0.39 is 0 Å². The van der Waals surface area contributed by atoms with Gasteiger partial charge in [0, 0.05) is 99.7 Å². The molecule has 4 heterocycles. The average Bonchev–Trinajstić information content (AvgIpc) is 1.60. The average molecular weight is 1940 g/mol. The maximum absolute atomic E-state index is 2.37. The van der Waals surface area contributed by atoms with Crippen molar-refractivity contribution in [2.24, 2.45) is 0 Å². The van der Waals surface area contributed by atoms with E-state index in [1.54, 1.807) is 0 Å². The number of anilines is 6. The summed E-state index contributed by atoms with van der Waals surface area (Å²) in [4.78, 5) is 4.63. The van der Waals surface area contributed by atoms with E-state index in [0.717, 1.165) is 5.69 Å². The third kappa shape index (κ3) is 22.0. The zero-order valence-electron chi connectivity index (χ0n) is 89.9. The normalized spacial score (nSPS) is 11.9. The molecule has 6 heteroatoms. The summed E-state index contributed by atoms with van der Waals surface area (Å²) in [6.07, 6.45) is 0. The van der Waals surface area contributed by atoms with Crippen molar-refractivity contribution in [1.82, 2.24) is 18.3 Å². The highest BCUT2D eigenvalue weighted by atomic mass is 15.1. The van der Waals surface area contributed by atoms with Crippen LogP contribution in [0.5, 0.6) is 0 Å². The molecule has 0 atom stereocenters. The highest BCUT2D eigenvalue weighted by Crippen LogP contribution is 2.45. The summed E-state index contributed by atoms with van der Waals surface area (Å²) in [5, 5.41) is 13.0. The van der Waals surface area contributed by atoms with Gasteiger partial charge in [-0.1, -0.05) is 440 Å². The van der Waals surface area contributed by atoms with E-state index >= 15 is 0 Å². The SMILES string of the molecule is CC(C)(C)c1ccc(-c2ccc3c(c2)c2ccccc2n3-c2ccccc2)cc1.CC(C)(C)c1ccc(-n2c3ccccc3c3ccccc32)cc1.CC(C)(C)c1ccc(N(c2ccccc2)c2cccc3ccccc23)cc1.CC(C)(C)c1ccc(N(c2ccccc2)c2ccccc2)cc1.CC(C)(C)c1ccc2c(c1)c1ccccc1n2-c1ccccc1.Cc1ccc(-n2c3ccccc3c3cc(C(C)(C)C)ccc32)cc1. The van der Waals surface area contributed by atoms with Crippen LogP contribution in [0, 0.1) is 6.92 Å². The molecule has 0 spiro atoms. The predicted molar refractivity (Wildman–Crippen MR) is 645 cm³/mol. The van der Waals surface area contributed by atoms with Crippen LogP contribution in [0.25, 0.3) is 132 Å². The fourth-order valence-electron chi connectivity index (χ4n) is 20.4. The van der Waals surface area contributed by atoms with Gasteiger partial charge in [0.25, 0.3) is 0 Å². The molecule has 0 aliphatic rings. The predicted octanol–water partition coefficient (Wildman–Crippen LogP) is 40.4. The van der Waals surface area contributed by atoms with Crippen LogP contribution < -0.4 is 9.80 Å². The number of aryl methyl sites for hydroxylation is 1. The van der Waals surface area contributed by atoms with Crippen LogP contribution in [0.15, 0.2) is 491 Å². The first-order valence-corrected chi connectivity index (χ1v) is 52.6. The highest BCUT2D eigenvalue weighted by molar-refractivity contribution is 6.13.